The Morgan fingerprint density at radius 3 is 2.69 bits per heavy atom. The molecule has 0 spiro atoms. The van der Waals surface area contributed by atoms with Gasteiger partial charge in [0.15, 0.2) is 0 Å². The molecule has 1 aliphatic carbocycles. The molecule has 7 heteroatoms. The maximum absolute atomic E-state index is 13.1. The minimum atomic E-state index is -3.57. The standard InChI is InChI=1S/C19H28N2O4S/c1-3-20(4-2)26(23,24)16-9-7-8-15(14-16)19(22)21-12-13-25-18-11-6-5-10-17(18)21/h7-9,14,17-18H,3-6,10-13H2,1-2H3. The van der Waals surface area contributed by atoms with Crippen LogP contribution >= 0.6 is 0 Å². The summed E-state index contributed by atoms with van der Waals surface area (Å²) in [7, 11) is -3.57. The van der Waals surface area contributed by atoms with Gasteiger partial charge in [-0.1, -0.05) is 32.8 Å². The van der Waals surface area contributed by atoms with Crippen molar-refractivity contribution in [2.45, 2.75) is 56.6 Å². The number of amides is 1. The molecule has 2 fully saturated rings. The van der Waals surface area contributed by atoms with Gasteiger partial charge in [0.2, 0.25) is 10.0 Å². The zero-order valence-corrected chi connectivity index (χ0v) is 16.4. The number of ether oxygens (including phenoxy) is 1. The molecular formula is C19H28N2O4S. The van der Waals surface area contributed by atoms with E-state index in [1.165, 1.54) is 10.4 Å². The molecule has 3 rings (SSSR count). The molecule has 2 atom stereocenters. The number of sulfonamides is 1. The van der Waals surface area contributed by atoms with Gasteiger partial charge in [0.25, 0.3) is 5.91 Å². The van der Waals surface area contributed by atoms with Crippen molar-refractivity contribution in [3.05, 3.63) is 29.8 Å². The number of morpholine rings is 1. The lowest BCUT2D eigenvalue weighted by Gasteiger charge is -2.43. The summed E-state index contributed by atoms with van der Waals surface area (Å²) in [4.78, 5) is 15.2. The van der Waals surface area contributed by atoms with E-state index >= 15 is 0 Å². The predicted molar refractivity (Wildman–Crippen MR) is 99.6 cm³/mol. The van der Waals surface area contributed by atoms with Gasteiger partial charge in [-0.15, -0.1) is 0 Å². The summed E-state index contributed by atoms with van der Waals surface area (Å²) in [6.07, 6.45) is 4.30. The van der Waals surface area contributed by atoms with Gasteiger partial charge in [-0.3, -0.25) is 4.79 Å². The van der Waals surface area contributed by atoms with Crippen LogP contribution in [0.25, 0.3) is 0 Å². The first-order valence-corrected chi connectivity index (χ1v) is 11.0. The molecule has 1 amide bonds. The van der Waals surface area contributed by atoms with Crippen molar-refractivity contribution in [2.24, 2.45) is 0 Å². The molecule has 2 unspecified atom stereocenters. The van der Waals surface area contributed by atoms with E-state index in [-0.39, 0.29) is 22.9 Å². The van der Waals surface area contributed by atoms with Crippen LogP contribution in [-0.4, -0.2) is 61.9 Å². The number of carbonyl (C=O) groups excluding carboxylic acids is 1. The highest BCUT2D eigenvalue weighted by Gasteiger charge is 2.37. The molecule has 1 aromatic carbocycles. The number of fused-ring (bicyclic) bond motifs is 1. The van der Waals surface area contributed by atoms with Crippen molar-refractivity contribution in [1.82, 2.24) is 9.21 Å². The lowest BCUT2D eigenvalue weighted by molar-refractivity contribution is -0.0752. The third kappa shape index (κ3) is 3.66. The van der Waals surface area contributed by atoms with Gasteiger partial charge in [0.1, 0.15) is 0 Å². The van der Waals surface area contributed by atoms with E-state index in [1.807, 2.05) is 18.7 Å². The van der Waals surface area contributed by atoms with E-state index in [9.17, 15) is 13.2 Å². The van der Waals surface area contributed by atoms with Crippen LogP contribution in [0.4, 0.5) is 0 Å². The summed E-state index contributed by atoms with van der Waals surface area (Å²) in [5.74, 6) is -0.0956. The average molecular weight is 381 g/mol. The number of carbonyl (C=O) groups is 1. The summed E-state index contributed by atoms with van der Waals surface area (Å²) in [5.41, 5.74) is 0.435. The molecule has 1 aromatic rings. The molecule has 0 bridgehead atoms. The summed E-state index contributed by atoms with van der Waals surface area (Å²) in [6.45, 7) is 5.55. The molecule has 1 saturated heterocycles. The highest BCUT2D eigenvalue weighted by Crippen LogP contribution is 2.30. The van der Waals surface area contributed by atoms with E-state index in [0.717, 1.165) is 25.7 Å². The fourth-order valence-corrected chi connectivity index (χ4v) is 5.52. The molecule has 6 nitrogen and oxygen atoms in total. The fraction of sp³-hybridized carbons (Fsp3) is 0.632. The van der Waals surface area contributed by atoms with Crippen LogP contribution in [0.3, 0.4) is 0 Å². The number of benzene rings is 1. The number of rotatable bonds is 5. The Morgan fingerprint density at radius 2 is 1.96 bits per heavy atom. The monoisotopic (exact) mass is 380 g/mol. The Bertz CT molecular complexity index is 744. The highest BCUT2D eigenvalue weighted by atomic mass is 32.2. The zero-order chi connectivity index (χ0) is 18.7. The molecule has 0 N–H and O–H groups in total. The number of hydrogen-bond donors (Lipinski definition) is 0. The molecule has 1 saturated carbocycles. The Kier molecular flexibility index (Phi) is 5.99. The summed E-state index contributed by atoms with van der Waals surface area (Å²) >= 11 is 0. The molecule has 0 aromatic heterocycles. The Balaban J connectivity index is 1.86. The van der Waals surface area contributed by atoms with Crippen molar-refractivity contribution < 1.29 is 17.9 Å². The minimum Gasteiger partial charge on any atom is -0.374 e. The maximum atomic E-state index is 13.1. The van der Waals surface area contributed by atoms with Crippen molar-refractivity contribution in [1.29, 1.82) is 0 Å². The van der Waals surface area contributed by atoms with E-state index in [4.69, 9.17) is 4.74 Å². The maximum Gasteiger partial charge on any atom is 0.254 e. The Morgan fingerprint density at radius 1 is 1.23 bits per heavy atom. The SMILES string of the molecule is CCN(CC)S(=O)(=O)c1cccc(C(=O)N2CCOC3CCCCC32)c1. The summed E-state index contributed by atoms with van der Waals surface area (Å²) in [6, 6.07) is 6.54. The van der Waals surface area contributed by atoms with Crippen molar-refractivity contribution >= 4 is 15.9 Å². The van der Waals surface area contributed by atoms with Crippen LogP contribution in [0.15, 0.2) is 29.2 Å². The van der Waals surface area contributed by atoms with Crippen LogP contribution in [0.5, 0.6) is 0 Å². The smallest absolute Gasteiger partial charge is 0.254 e. The number of hydrogen-bond acceptors (Lipinski definition) is 4. The molecule has 1 heterocycles. The Hall–Kier alpha value is -1.44. The minimum absolute atomic E-state index is 0.0956. The van der Waals surface area contributed by atoms with Crippen LogP contribution in [0.2, 0.25) is 0 Å². The predicted octanol–water partition coefficient (Wildman–Crippen LogP) is 2.50. The third-order valence-corrected chi connectivity index (χ3v) is 7.46. The van der Waals surface area contributed by atoms with E-state index in [0.29, 0.717) is 31.8 Å². The van der Waals surface area contributed by atoms with Crippen LogP contribution in [0, 0.1) is 0 Å². The Labute approximate surface area is 156 Å². The van der Waals surface area contributed by atoms with Gasteiger partial charge in [-0.05, 0) is 31.0 Å². The average Bonchev–Trinajstić information content (AvgIpc) is 2.68. The second-order valence-corrected chi connectivity index (χ2v) is 8.81. The summed E-state index contributed by atoms with van der Waals surface area (Å²) < 4.78 is 32.8. The first-order valence-electron chi connectivity index (χ1n) is 9.51. The number of nitrogens with zero attached hydrogens (tertiary/aromatic N) is 2. The van der Waals surface area contributed by atoms with Crippen molar-refractivity contribution in [2.75, 3.05) is 26.2 Å². The largest absolute Gasteiger partial charge is 0.374 e. The van der Waals surface area contributed by atoms with Crippen molar-refractivity contribution in [3.63, 3.8) is 0 Å². The summed E-state index contributed by atoms with van der Waals surface area (Å²) in [5, 5.41) is 0. The van der Waals surface area contributed by atoms with E-state index in [1.54, 1.807) is 18.2 Å². The molecular weight excluding hydrogens is 352 g/mol. The van der Waals surface area contributed by atoms with Crippen LogP contribution < -0.4 is 0 Å². The quantitative estimate of drug-likeness (QED) is 0.787. The van der Waals surface area contributed by atoms with E-state index < -0.39 is 10.0 Å². The molecule has 1 aliphatic heterocycles. The first kappa shape index (κ1) is 19.3. The lowest BCUT2D eigenvalue weighted by Crippen LogP contribution is -2.54. The van der Waals surface area contributed by atoms with Crippen LogP contribution in [-0.2, 0) is 14.8 Å². The van der Waals surface area contributed by atoms with Crippen molar-refractivity contribution in [3.8, 4) is 0 Å². The second-order valence-electron chi connectivity index (χ2n) is 6.88. The molecule has 0 radical (unpaired) electrons. The van der Waals surface area contributed by atoms with Gasteiger partial charge in [0, 0.05) is 25.2 Å². The first-order chi connectivity index (χ1) is 12.5. The zero-order valence-electron chi connectivity index (χ0n) is 15.6. The lowest BCUT2D eigenvalue weighted by atomic mass is 9.89. The normalized spacial score (nSPS) is 23.7. The third-order valence-electron chi connectivity index (χ3n) is 5.42. The molecule has 26 heavy (non-hydrogen) atoms. The van der Waals surface area contributed by atoms with Gasteiger partial charge in [-0.2, -0.15) is 4.31 Å². The van der Waals surface area contributed by atoms with Gasteiger partial charge < -0.3 is 9.64 Å². The molecule has 144 valence electrons. The van der Waals surface area contributed by atoms with Gasteiger partial charge >= 0.3 is 0 Å². The van der Waals surface area contributed by atoms with Crippen LogP contribution in [0.1, 0.15) is 49.9 Å². The van der Waals surface area contributed by atoms with Gasteiger partial charge in [-0.25, -0.2) is 8.42 Å². The van der Waals surface area contributed by atoms with E-state index in [2.05, 4.69) is 0 Å². The molecule has 2 aliphatic rings. The van der Waals surface area contributed by atoms with Gasteiger partial charge in [0.05, 0.1) is 23.6 Å². The fourth-order valence-electron chi connectivity index (χ4n) is 4.02. The second kappa shape index (κ2) is 8.06. The topological polar surface area (TPSA) is 66.9 Å². The highest BCUT2D eigenvalue weighted by molar-refractivity contribution is 7.89.